The molecule has 0 radical (unpaired) electrons. The van der Waals surface area contributed by atoms with Crippen molar-refractivity contribution in [2.24, 2.45) is 0 Å². The monoisotopic (exact) mass is 274 g/mol. The molecule has 0 spiro atoms. The van der Waals surface area contributed by atoms with Crippen molar-refractivity contribution in [3.63, 3.8) is 0 Å². The van der Waals surface area contributed by atoms with Crippen molar-refractivity contribution >= 4 is 17.5 Å². The number of aromatic nitrogens is 1. The molecule has 2 amide bonds. The lowest BCUT2D eigenvalue weighted by molar-refractivity contribution is 0.222. The van der Waals surface area contributed by atoms with Gasteiger partial charge in [0.15, 0.2) is 0 Å². The summed E-state index contributed by atoms with van der Waals surface area (Å²) in [6, 6.07) is 3.86. The maximum absolute atomic E-state index is 12.1. The van der Waals surface area contributed by atoms with Gasteiger partial charge in [0.25, 0.3) is 0 Å². The lowest BCUT2D eigenvalue weighted by Gasteiger charge is -2.28. The Bertz CT molecular complexity index is 465. The molecule has 0 saturated carbocycles. The molecule has 3 heterocycles. The van der Waals surface area contributed by atoms with E-state index < -0.39 is 0 Å². The molecular formula is C15H22N4O. The predicted molar refractivity (Wildman–Crippen MR) is 80.1 cm³/mol. The highest BCUT2D eigenvalue weighted by molar-refractivity contribution is 5.89. The van der Waals surface area contributed by atoms with Gasteiger partial charge in [0.05, 0.1) is 0 Å². The maximum atomic E-state index is 12.1. The first-order chi connectivity index (χ1) is 9.83. The Kier molecular flexibility index (Phi) is 4.04. The fourth-order valence-corrected chi connectivity index (χ4v) is 2.91. The normalized spacial score (nSPS) is 19.2. The van der Waals surface area contributed by atoms with Crippen LogP contribution in [-0.4, -0.2) is 42.1 Å². The molecule has 0 bridgehead atoms. The van der Waals surface area contributed by atoms with Crippen molar-refractivity contribution in [3.05, 3.63) is 18.3 Å². The molecule has 2 fully saturated rings. The summed E-state index contributed by atoms with van der Waals surface area (Å²) in [5.41, 5.74) is 0.845. The van der Waals surface area contributed by atoms with E-state index in [9.17, 15) is 4.79 Å². The summed E-state index contributed by atoms with van der Waals surface area (Å²) in [5, 5.41) is 2.98. The fourth-order valence-electron chi connectivity index (χ4n) is 2.91. The zero-order chi connectivity index (χ0) is 13.8. The molecule has 1 aromatic rings. The summed E-state index contributed by atoms with van der Waals surface area (Å²) in [4.78, 5) is 20.7. The van der Waals surface area contributed by atoms with Crippen molar-refractivity contribution in [1.29, 1.82) is 0 Å². The Morgan fingerprint density at radius 3 is 2.50 bits per heavy atom. The molecule has 2 saturated heterocycles. The van der Waals surface area contributed by atoms with Crippen molar-refractivity contribution in [3.8, 4) is 0 Å². The minimum atomic E-state index is 0.0123. The van der Waals surface area contributed by atoms with E-state index in [0.29, 0.717) is 0 Å². The van der Waals surface area contributed by atoms with E-state index in [-0.39, 0.29) is 6.03 Å². The first-order valence-electron chi connectivity index (χ1n) is 7.60. The number of piperidine rings is 1. The third-order valence-electron chi connectivity index (χ3n) is 4.07. The average molecular weight is 274 g/mol. The Morgan fingerprint density at radius 1 is 1.05 bits per heavy atom. The molecule has 5 heteroatoms. The van der Waals surface area contributed by atoms with Gasteiger partial charge >= 0.3 is 6.03 Å². The van der Waals surface area contributed by atoms with E-state index in [4.69, 9.17) is 0 Å². The van der Waals surface area contributed by atoms with E-state index in [1.807, 2.05) is 17.0 Å². The van der Waals surface area contributed by atoms with Gasteiger partial charge in [0.1, 0.15) is 5.82 Å². The van der Waals surface area contributed by atoms with Crippen LogP contribution in [-0.2, 0) is 0 Å². The van der Waals surface area contributed by atoms with Crippen LogP contribution < -0.4 is 10.2 Å². The number of carbonyl (C=O) groups excluding carboxylic acids is 1. The van der Waals surface area contributed by atoms with Crippen molar-refractivity contribution in [1.82, 2.24) is 9.88 Å². The molecule has 1 aromatic heterocycles. The van der Waals surface area contributed by atoms with Crippen LogP contribution in [0.4, 0.5) is 16.3 Å². The molecule has 0 aromatic carbocycles. The highest BCUT2D eigenvalue weighted by atomic mass is 16.2. The molecule has 3 rings (SSSR count). The zero-order valence-electron chi connectivity index (χ0n) is 11.8. The molecule has 20 heavy (non-hydrogen) atoms. The summed E-state index contributed by atoms with van der Waals surface area (Å²) in [5.74, 6) is 0.976. The number of nitrogens with zero attached hydrogens (tertiary/aromatic N) is 3. The smallest absolute Gasteiger partial charge is 0.321 e. The van der Waals surface area contributed by atoms with Crippen molar-refractivity contribution < 1.29 is 4.79 Å². The molecule has 2 aliphatic rings. The number of urea groups is 1. The summed E-state index contributed by atoms with van der Waals surface area (Å²) in [7, 11) is 0. The lowest BCUT2D eigenvalue weighted by atomic mass is 10.1. The van der Waals surface area contributed by atoms with Crippen LogP contribution in [0.2, 0.25) is 0 Å². The van der Waals surface area contributed by atoms with Gasteiger partial charge in [0, 0.05) is 44.1 Å². The molecule has 0 atom stereocenters. The van der Waals surface area contributed by atoms with Gasteiger partial charge in [0.2, 0.25) is 0 Å². The first-order valence-corrected chi connectivity index (χ1v) is 7.60. The molecule has 5 nitrogen and oxygen atoms in total. The fraction of sp³-hybridized carbons (Fsp3) is 0.600. The summed E-state index contributed by atoms with van der Waals surface area (Å²) in [6.07, 6.45) is 7.77. The number of hydrogen-bond donors (Lipinski definition) is 1. The number of carbonyl (C=O) groups is 1. The molecule has 0 aliphatic carbocycles. The number of pyridine rings is 1. The minimum absolute atomic E-state index is 0.0123. The summed E-state index contributed by atoms with van der Waals surface area (Å²) < 4.78 is 0. The Balaban J connectivity index is 1.65. The maximum Gasteiger partial charge on any atom is 0.321 e. The molecular weight excluding hydrogens is 252 g/mol. The third-order valence-corrected chi connectivity index (χ3v) is 4.07. The molecule has 0 unspecified atom stereocenters. The van der Waals surface area contributed by atoms with Gasteiger partial charge in [-0.25, -0.2) is 9.78 Å². The van der Waals surface area contributed by atoms with Crippen LogP contribution in [0, 0.1) is 0 Å². The largest absolute Gasteiger partial charge is 0.357 e. The van der Waals surface area contributed by atoms with E-state index in [1.165, 1.54) is 19.3 Å². The number of anilines is 2. The van der Waals surface area contributed by atoms with Gasteiger partial charge in [-0.1, -0.05) is 0 Å². The van der Waals surface area contributed by atoms with Gasteiger partial charge in [-0.15, -0.1) is 0 Å². The number of hydrogen-bond acceptors (Lipinski definition) is 3. The molecule has 2 aliphatic heterocycles. The Hall–Kier alpha value is -1.78. The number of amides is 2. The van der Waals surface area contributed by atoms with Crippen LogP contribution >= 0.6 is 0 Å². The van der Waals surface area contributed by atoms with Crippen molar-refractivity contribution in [2.75, 3.05) is 36.4 Å². The highest BCUT2D eigenvalue weighted by Crippen LogP contribution is 2.21. The quantitative estimate of drug-likeness (QED) is 0.902. The molecule has 108 valence electrons. The summed E-state index contributed by atoms with van der Waals surface area (Å²) in [6.45, 7) is 3.87. The first kappa shape index (κ1) is 13.2. The number of likely N-dealkylation sites (tertiary alicyclic amines) is 1. The van der Waals surface area contributed by atoms with Gasteiger partial charge < -0.3 is 15.1 Å². The van der Waals surface area contributed by atoms with Crippen LogP contribution in [0.1, 0.15) is 32.1 Å². The lowest BCUT2D eigenvalue weighted by Crippen LogP contribution is -2.32. The van der Waals surface area contributed by atoms with Gasteiger partial charge in [-0.3, -0.25) is 0 Å². The Morgan fingerprint density at radius 2 is 1.75 bits per heavy atom. The van der Waals surface area contributed by atoms with E-state index in [1.54, 1.807) is 6.20 Å². The average Bonchev–Trinajstić information content (AvgIpc) is 3.03. The second-order valence-corrected chi connectivity index (χ2v) is 5.57. The zero-order valence-corrected chi connectivity index (χ0v) is 11.8. The SMILES string of the molecule is O=C(Nc1ccnc(N2CCCCC2)c1)N1CCCC1. The van der Waals surface area contributed by atoms with E-state index in [2.05, 4.69) is 15.2 Å². The topological polar surface area (TPSA) is 48.5 Å². The standard InChI is InChI=1S/C15H22N4O/c20-15(19-10-4-5-11-19)17-13-6-7-16-14(12-13)18-8-2-1-3-9-18/h6-7,12H,1-5,8-11H2,(H,16,17,20). The van der Waals surface area contributed by atoms with Crippen LogP contribution in [0.3, 0.4) is 0 Å². The van der Waals surface area contributed by atoms with Crippen LogP contribution in [0.15, 0.2) is 18.3 Å². The van der Waals surface area contributed by atoms with E-state index >= 15 is 0 Å². The van der Waals surface area contributed by atoms with Crippen molar-refractivity contribution in [2.45, 2.75) is 32.1 Å². The minimum Gasteiger partial charge on any atom is -0.357 e. The Labute approximate surface area is 120 Å². The number of rotatable bonds is 2. The van der Waals surface area contributed by atoms with Crippen LogP contribution in [0.25, 0.3) is 0 Å². The second-order valence-electron chi connectivity index (χ2n) is 5.57. The van der Waals surface area contributed by atoms with Gasteiger partial charge in [-0.2, -0.15) is 0 Å². The summed E-state index contributed by atoms with van der Waals surface area (Å²) >= 11 is 0. The molecule has 1 N–H and O–H groups in total. The van der Waals surface area contributed by atoms with Gasteiger partial charge in [-0.05, 0) is 38.2 Å². The van der Waals surface area contributed by atoms with E-state index in [0.717, 1.165) is 50.5 Å². The predicted octanol–water partition coefficient (Wildman–Crippen LogP) is 2.70. The highest BCUT2D eigenvalue weighted by Gasteiger charge is 2.18. The number of nitrogens with one attached hydrogen (secondary N) is 1. The third kappa shape index (κ3) is 3.03. The second kappa shape index (κ2) is 6.11. The van der Waals surface area contributed by atoms with Crippen LogP contribution in [0.5, 0.6) is 0 Å².